The van der Waals surface area contributed by atoms with Crippen molar-refractivity contribution < 1.29 is 9.47 Å². The molecule has 0 aliphatic carbocycles. The molecule has 0 bridgehead atoms. The van der Waals surface area contributed by atoms with Crippen LogP contribution in [0, 0.1) is 0 Å². The number of methoxy groups -OCH3 is 2. The van der Waals surface area contributed by atoms with Crippen LogP contribution < -0.4 is 14.8 Å². The van der Waals surface area contributed by atoms with E-state index >= 15 is 0 Å². The molecule has 0 aliphatic heterocycles. The third-order valence-electron chi connectivity index (χ3n) is 2.73. The van der Waals surface area contributed by atoms with Gasteiger partial charge in [0.05, 0.1) is 14.2 Å². The largest absolute Gasteiger partial charge is 0.497 e. The molecule has 3 heteroatoms. The quantitative estimate of drug-likeness (QED) is 0.592. The maximum Gasteiger partial charge on any atom is 0.127 e. The molecule has 25 heavy (non-hydrogen) atoms. The molecule has 1 rings (SSSR count). The second-order valence-electron chi connectivity index (χ2n) is 5.38. The molecule has 1 aromatic carbocycles. The summed E-state index contributed by atoms with van der Waals surface area (Å²) in [6.07, 6.45) is 8.01. The van der Waals surface area contributed by atoms with Gasteiger partial charge < -0.3 is 14.8 Å². The van der Waals surface area contributed by atoms with Crippen LogP contribution in [0.4, 0.5) is 0 Å². The van der Waals surface area contributed by atoms with Crippen molar-refractivity contribution in [2.45, 2.75) is 47.1 Å². The highest BCUT2D eigenvalue weighted by molar-refractivity contribution is 5.40. The molecule has 1 N–H and O–H groups in total. The van der Waals surface area contributed by atoms with Crippen molar-refractivity contribution >= 4 is 0 Å². The first-order chi connectivity index (χ1) is 12.1. The summed E-state index contributed by atoms with van der Waals surface area (Å²) >= 11 is 0. The molecule has 0 radical (unpaired) electrons. The van der Waals surface area contributed by atoms with Crippen molar-refractivity contribution in [3.8, 4) is 11.5 Å². The van der Waals surface area contributed by atoms with E-state index in [-0.39, 0.29) is 0 Å². The molecule has 0 aliphatic rings. The van der Waals surface area contributed by atoms with Crippen LogP contribution in [0.3, 0.4) is 0 Å². The van der Waals surface area contributed by atoms with Crippen molar-refractivity contribution in [2.24, 2.45) is 0 Å². The number of nitrogens with one attached hydrogen (secondary N) is 1. The summed E-state index contributed by atoms with van der Waals surface area (Å²) in [4.78, 5) is 0. The first kappa shape index (κ1) is 25.2. The normalized spacial score (nSPS) is 9.76. The van der Waals surface area contributed by atoms with Gasteiger partial charge in [0, 0.05) is 24.7 Å². The zero-order chi connectivity index (χ0) is 19.5. The van der Waals surface area contributed by atoms with E-state index in [2.05, 4.69) is 46.2 Å². The minimum atomic E-state index is 0.718. The van der Waals surface area contributed by atoms with Crippen LogP contribution in [0.1, 0.15) is 46.1 Å². The number of rotatable bonds is 8. The lowest BCUT2D eigenvalue weighted by Crippen LogP contribution is -2.16. The van der Waals surface area contributed by atoms with Crippen molar-refractivity contribution in [3.05, 3.63) is 60.7 Å². The molecule has 0 saturated heterocycles. The smallest absolute Gasteiger partial charge is 0.127 e. The van der Waals surface area contributed by atoms with E-state index in [0.717, 1.165) is 35.7 Å². The molecule has 0 atom stereocenters. The van der Waals surface area contributed by atoms with Gasteiger partial charge in [-0.3, -0.25) is 0 Å². The fourth-order valence-corrected chi connectivity index (χ4v) is 1.69. The van der Waals surface area contributed by atoms with Crippen molar-refractivity contribution in [1.29, 1.82) is 0 Å². The maximum atomic E-state index is 5.35. The van der Waals surface area contributed by atoms with Gasteiger partial charge in [-0.15, -0.1) is 0 Å². The van der Waals surface area contributed by atoms with E-state index in [9.17, 15) is 0 Å². The monoisotopic (exact) mass is 347 g/mol. The minimum Gasteiger partial charge on any atom is -0.497 e. The number of allylic oxidation sites excluding steroid dienone is 2. The van der Waals surface area contributed by atoms with E-state index in [4.69, 9.17) is 9.47 Å². The third-order valence-corrected chi connectivity index (χ3v) is 2.73. The van der Waals surface area contributed by atoms with Gasteiger partial charge in [0.1, 0.15) is 11.5 Å². The minimum absolute atomic E-state index is 0.718. The average Bonchev–Trinajstić information content (AvgIpc) is 2.62. The molecule has 1 aromatic rings. The predicted molar refractivity (Wildman–Crippen MR) is 112 cm³/mol. The Morgan fingerprint density at radius 3 is 2.08 bits per heavy atom. The van der Waals surface area contributed by atoms with Crippen molar-refractivity contribution in [3.63, 3.8) is 0 Å². The summed E-state index contributed by atoms with van der Waals surface area (Å²) < 4.78 is 10.5. The molecule has 0 amide bonds. The van der Waals surface area contributed by atoms with E-state index in [1.807, 2.05) is 30.4 Å². The van der Waals surface area contributed by atoms with Crippen LogP contribution in [-0.2, 0) is 6.54 Å². The van der Waals surface area contributed by atoms with Crippen LogP contribution in [0.5, 0.6) is 11.5 Å². The van der Waals surface area contributed by atoms with Crippen molar-refractivity contribution in [1.82, 2.24) is 5.32 Å². The Kier molecular flexibility index (Phi) is 18.5. The highest BCUT2D eigenvalue weighted by Gasteiger charge is 2.04. The molecule has 0 unspecified atom stereocenters. The van der Waals surface area contributed by atoms with Gasteiger partial charge in [-0.25, -0.2) is 0 Å². The van der Waals surface area contributed by atoms with E-state index < -0.39 is 0 Å². The molecule has 3 nitrogen and oxygen atoms in total. The second-order valence-corrected chi connectivity index (χ2v) is 5.38. The molecule has 0 heterocycles. The molecule has 0 aromatic heterocycles. The summed E-state index contributed by atoms with van der Waals surface area (Å²) in [5.74, 6) is 1.61. The Morgan fingerprint density at radius 2 is 1.64 bits per heavy atom. The lowest BCUT2D eigenvalue weighted by atomic mass is 10.1. The first-order valence-electron chi connectivity index (χ1n) is 8.93. The van der Waals surface area contributed by atoms with Gasteiger partial charge in [-0.05, 0) is 11.6 Å². The number of benzene rings is 1. The SMILES string of the molecule is C=C/C=C(\C=C)CNCc1ccc(OC)cc1OC.CCC.CCC. The molecule has 0 saturated carbocycles. The summed E-state index contributed by atoms with van der Waals surface area (Å²) in [7, 11) is 3.30. The predicted octanol–water partition coefficient (Wildman–Crippen LogP) is 5.92. The van der Waals surface area contributed by atoms with Gasteiger partial charge in [0.15, 0.2) is 0 Å². The molecular formula is C22H37NO2. The highest BCUT2D eigenvalue weighted by atomic mass is 16.5. The van der Waals surface area contributed by atoms with Gasteiger partial charge >= 0.3 is 0 Å². The Labute approximate surface area is 155 Å². The fourth-order valence-electron chi connectivity index (χ4n) is 1.69. The van der Waals surface area contributed by atoms with E-state index in [0.29, 0.717) is 0 Å². The molecular weight excluding hydrogens is 310 g/mol. The van der Waals surface area contributed by atoms with E-state index in [1.54, 1.807) is 20.3 Å². The third kappa shape index (κ3) is 13.0. The number of hydrogen-bond donors (Lipinski definition) is 1. The van der Waals surface area contributed by atoms with Gasteiger partial charge in [0.2, 0.25) is 0 Å². The summed E-state index contributed by atoms with van der Waals surface area (Å²) in [6.45, 7) is 17.4. The Balaban J connectivity index is 0. The molecule has 0 fully saturated rings. The van der Waals surface area contributed by atoms with Crippen LogP contribution in [0.15, 0.2) is 55.2 Å². The lowest BCUT2D eigenvalue weighted by molar-refractivity contribution is 0.390. The summed E-state index contributed by atoms with van der Waals surface area (Å²) in [5, 5.41) is 3.34. The first-order valence-corrected chi connectivity index (χ1v) is 8.93. The van der Waals surface area contributed by atoms with Crippen LogP contribution in [-0.4, -0.2) is 20.8 Å². The van der Waals surface area contributed by atoms with E-state index in [1.165, 1.54) is 12.8 Å². The number of ether oxygens (including phenoxy) is 2. The summed E-state index contributed by atoms with van der Waals surface area (Å²) in [5.41, 5.74) is 2.19. The summed E-state index contributed by atoms with van der Waals surface area (Å²) in [6, 6.07) is 5.80. The number of hydrogen-bond acceptors (Lipinski definition) is 3. The lowest BCUT2D eigenvalue weighted by Gasteiger charge is -2.11. The van der Waals surface area contributed by atoms with Crippen LogP contribution in [0.25, 0.3) is 0 Å². The Morgan fingerprint density at radius 1 is 1.04 bits per heavy atom. The topological polar surface area (TPSA) is 30.5 Å². The van der Waals surface area contributed by atoms with Crippen molar-refractivity contribution in [2.75, 3.05) is 20.8 Å². The Bertz CT molecular complexity index is 491. The molecule has 0 spiro atoms. The average molecular weight is 348 g/mol. The van der Waals surface area contributed by atoms with Gasteiger partial charge in [-0.1, -0.05) is 78.0 Å². The van der Waals surface area contributed by atoms with Crippen LogP contribution >= 0.6 is 0 Å². The van der Waals surface area contributed by atoms with Crippen LogP contribution in [0.2, 0.25) is 0 Å². The standard InChI is InChI=1S/C16H21NO2.2C3H8/c1-5-7-13(6-2)11-17-12-14-8-9-15(18-3)10-16(14)19-4;2*1-3-2/h5-10,17H,1-2,11-12H2,3-4H3;2*3H2,1-2H3/b13-7+;;. The maximum absolute atomic E-state index is 5.35. The second kappa shape index (κ2) is 18.3. The van der Waals surface area contributed by atoms with Gasteiger partial charge in [-0.2, -0.15) is 0 Å². The highest BCUT2D eigenvalue weighted by Crippen LogP contribution is 2.24. The molecule has 142 valence electrons. The zero-order valence-electron chi connectivity index (χ0n) is 17.0. The Hall–Kier alpha value is -2.00. The fraction of sp³-hybridized carbons (Fsp3) is 0.455. The zero-order valence-corrected chi connectivity index (χ0v) is 17.0. The van der Waals surface area contributed by atoms with Gasteiger partial charge in [0.25, 0.3) is 0 Å².